The van der Waals surface area contributed by atoms with Gasteiger partial charge in [0, 0.05) is 18.7 Å². The third-order valence-corrected chi connectivity index (χ3v) is 3.67. The zero-order valence-electron chi connectivity index (χ0n) is 10.9. The summed E-state index contributed by atoms with van der Waals surface area (Å²) in [6.07, 6.45) is 1.37. The first kappa shape index (κ1) is 15.7. The van der Waals surface area contributed by atoms with E-state index in [1.807, 2.05) is 0 Å². The van der Waals surface area contributed by atoms with Crippen molar-refractivity contribution < 1.29 is 23.5 Å². The Morgan fingerprint density at radius 3 is 2.57 bits per heavy atom. The third-order valence-electron chi connectivity index (χ3n) is 3.07. The van der Waals surface area contributed by atoms with Crippen LogP contribution in [0.5, 0.6) is 0 Å². The zero-order chi connectivity index (χ0) is 15.6. The van der Waals surface area contributed by atoms with Crippen molar-refractivity contribution in [2.24, 2.45) is 0 Å². The van der Waals surface area contributed by atoms with Crippen LogP contribution >= 0.6 is 15.9 Å². The van der Waals surface area contributed by atoms with E-state index in [0.717, 1.165) is 25.0 Å². The van der Waals surface area contributed by atoms with Gasteiger partial charge in [-0.15, -0.1) is 0 Å². The van der Waals surface area contributed by atoms with Gasteiger partial charge in [-0.05, 0) is 34.8 Å². The smallest absolute Gasteiger partial charge is 0.322 e. The molecule has 0 aromatic heterocycles. The Morgan fingerprint density at radius 1 is 1.33 bits per heavy atom. The van der Waals surface area contributed by atoms with Crippen LogP contribution < -0.4 is 5.32 Å². The van der Waals surface area contributed by atoms with Crippen molar-refractivity contribution >= 4 is 33.6 Å². The summed E-state index contributed by atoms with van der Waals surface area (Å²) in [7, 11) is 0. The number of anilines is 1. The number of carboxylic acid groups (broad SMARTS) is 1. The number of hydrogen-bond donors (Lipinski definition) is 2. The molecule has 1 fully saturated rings. The predicted octanol–water partition coefficient (Wildman–Crippen LogP) is 3.20. The van der Waals surface area contributed by atoms with E-state index in [9.17, 15) is 18.4 Å². The summed E-state index contributed by atoms with van der Waals surface area (Å²) in [6, 6.07) is 1.13. The van der Waals surface area contributed by atoms with Crippen molar-refractivity contribution in [1.82, 2.24) is 4.90 Å². The van der Waals surface area contributed by atoms with Gasteiger partial charge >= 0.3 is 12.0 Å². The van der Waals surface area contributed by atoms with Crippen molar-refractivity contribution in [3.8, 4) is 0 Å². The topological polar surface area (TPSA) is 69.6 Å². The number of urea groups is 1. The number of hydrogen-bond acceptors (Lipinski definition) is 2. The minimum atomic E-state index is -1.02. The number of amides is 2. The van der Waals surface area contributed by atoms with E-state index in [2.05, 4.69) is 21.2 Å². The number of carbonyl (C=O) groups is 2. The van der Waals surface area contributed by atoms with Crippen LogP contribution in [0.1, 0.15) is 19.3 Å². The number of carbonyl (C=O) groups excluding carboxylic acids is 1. The molecule has 8 heteroatoms. The molecular formula is C13H13BrF2N2O3. The van der Waals surface area contributed by atoms with Gasteiger partial charge in [0.05, 0.1) is 16.6 Å². The first-order chi connectivity index (χ1) is 9.88. The second kappa shape index (κ2) is 6.38. The van der Waals surface area contributed by atoms with E-state index in [-0.39, 0.29) is 29.2 Å². The van der Waals surface area contributed by atoms with Crippen molar-refractivity contribution in [3.63, 3.8) is 0 Å². The van der Waals surface area contributed by atoms with E-state index >= 15 is 0 Å². The van der Waals surface area contributed by atoms with Gasteiger partial charge in [0.2, 0.25) is 0 Å². The Bertz CT molecular complexity index is 579. The van der Waals surface area contributed by atoms with Crippen molar-refractivity contribution in [2.45, 2.75) is 25.3 Å². The minimum Gasteiger partial charge on any atom is -0.481 e. The van der Waals surface area contributed by atoms with Gasteiger partial charge in [-0.25, -0.2) is 13.6 Å². The van der Waals surface area contributed by atoms with Gasteiger partial charge < -0.3 is 15.3 Å². The largest absolute Gasteiger partial charge is 0.481 e. The van der Waals surface area contributed by atoms with E-state index in [1.165, 1.54) is 4.90 Å². The second-order valence-electron chi connectivity index (χ2n) is 4.74. The molecule has 21 heavy (non-hydrogen) atoms. The molecule has 1 saturated carbocycles. The Morgan fingerprint density at radius 2 is 2.00 bits per heavy atom. The molecule has 1 aromatic carbocycles. The molecule has 0 heterocycles. The molecule has 2 rings (SSSR count). The van der Waals surface area contributed by atoms with Gasteiger partial charge in [0.1, 0.15) is 11.6 Å². The lowest BCUT2D eigenvalue weighted by Gasteiger charge is -2.22. The molecule has 0 unspecified atom stereocenters. The Balaban J connectivity index is 2.08. The van der Waals surface area contributed by atoms with Crippen molar-refractivity contribution in [2.75, 3.05) is 11.9 Å². The van der Waals surface area contributed by atoms with Crippen LogP contribution in [0.25, 0.3) is 0 Å². The fraction of sp³-hybridized carbons (Fsp3) is 0.385. The van der Waals surface area contributed by atoms with Crippen LogP contribution in [0.2, 0.25) is 0 Å². The van der Waals surface area contributed by atoms with Crippen molar-refractivity contribution in [1.29, 1.82) is 0 Å². The van der Waals surface area contributed by atoms with Gasteiger partial charge in [-0.1, -0.05) is 0 Å². The molecule has 0 atom stereocenters. The number of nitrogens with one attached hydrogen (secondary N) is 1. The van der Waals surface area contributed by atoms with E-state index in [1.54, 1.807) is 0 Å². The van der Waals surface area contributed by atoms with Crippen LogP contribution in [0.15, 0.2) is 16.6 Å². The first-order valence-corrected chi connectivity index (χ1v) is 7.11. The number of rotatable bonds is 5. The van der Waals surface area contributed by atoms with E-state index < -0.39 is 23.6 Å². The molecule has 0 aliphatic heterocycles. The normalized spacial score (nSPS) is 13.9. The summed E-state index contributed by atoms with van der Waals surface area (Å²) in [4.78, 5) is 24.0. The quantitative estimate of drug-likeness (QED) is 0.790. The summed E-state index contributed by atoms with van der Waals surface area (Å²) < 4.78 is 27.0. The highest BCUT2D eigenvalue weighted by Crippen LogP contribution is 2.29. The maximum Gasteiger partial charge on any atom is 0.322 e. The van der Waals surface area contributed by atoms with E-state index in [4.69, 9.17) is 5.11 Å². The molecule has 1 aliphatic rings. The molecule has 2 N–H and O–H groups in total. The maximum absolute atomic E-state index is 13.7. The molecule has 114 valence electrons. The van der Waals surface area contributed by atoms with Crippen LogP contribution in [-0.4, -0.2) is 34.6 Å². The summed E-state index contributed by atoms with van der Waals surface area (Å²) in [5.41, 5.74) is -0.276. The average Bonchev–Trinajstić information content (AvgIpc) is 3.20. The van der Waals surface area contributed by atoms with Crippen LogP contribution in [0.3, 0.4) is 0 Å². The molecule has 5 nitrogen and oxygen atoms in total. The SMILES string of the molecule is O=C(O)CCN(C(=O)Nc1cc(F)c(Br)cc1F)C1CC1. The van der Waals surface area contributed by atoms with Crippen LogP contribution in [0, 0.1) is 11.6 Å². The molecule has 1 aliphatic carbocycles. The fourth-order valence-corrected chi connectivity index (χ4v) is 2.17. The Labute approximate surface area is 128 Å². The highest BCUT2D eigenvalue weighted by atomic mass is 79.9. The molecule has 0 saturated heterocycles. The van der Waals surface area contributed by atoms with Gasteiger partial charge in [0.15, 0.2) is 0 Å². The number of aliphatic carboxylic acids is 1. The molecule has 1 aromatic rings. The average molecular weight is 363 g/mol. The molecule has 0 bridgehead atoms. The molecule has 0 spiro atoms. The molecule has 2 amide bonds. The van der Waals surface area contributed by atoms with Gasteiger partial charge in [-0.2, -0.15) is 0 Å². The number of nitrogens with zero attached hydrogens (tertiary/aromatic N) is 1. The highest BCUT2D eigenvalue weighted by molar-refractivity contribution is 9.10. The molecular weight excluding hydrogens is 350 g/mol. The predicted molar refractivity (Wildman–Crippen MR) is 75.1 cm³/mol. The Kier molecular flexibility index (Phi) is 4.76. The minimum absolute atomic E-state index is 0.0342. The highest BCUT2D eigenvalue weighted by Gasteiger charge is 2.33. The fourth-order valence-electron chi connectivity index (χ4n) is 1.86. The summed E-state index contributed by atoms with van der Waals surface area (Å²) in [5, 5.41) is 11.0. The van der Waals surface area contributed by atoms with Crippen molar-refractivity contribution in [3.05, 3.63) is 28.2 Å². The van der Waals surface area contributed by atoms with Crippen LogP contribution in [-0.2, 0) is 4.79 Å². The van der Waals surface area contributed by atoms with Crippen LogP contribution in [0.4, 0.5) is 19.3 Å². The zero-order valence-corrected chi connectivity index (χ0v) is 12.5. The van der Waals surface area contributed by atoms with E-state index in [0.29, 0.717) is 0 Å². The second-order valence-corrected chi connectivity index (χ2v) is 5.60. The number of halogens is 3. The van der Waals surface area contributed by atoms with Gasteiger partial charge in [-0.3, -0.25) is 4.79 Å². The lowest BCUT2D eigenvalue weighted by molar-refractivity contribution is -0.137. The lowest BCUT2D eigenvalue weighted by Crippen LogP contribution is -2.38. The maximum atomic E-state index is 13.7. The Hall–Kier alpha value is -1.70. The van der Waals surface area contributed by atoms with Gasteiger partial charge in [0.25, 0.3) is 0 Å². The lowest BCUT2D eigenvalue weighted by atomic mass is 10.3. The molecule has 0 radical (unpaired) electrons. The summed E-state index contributed by atoms with van der Waals surface area (Å²) >= 11 is 2.85. The first-order valence-electron chi connectivity index (χ1n) is 6.32. The monoisotopic (exact) mass is 362 g/mol. The standard InChI is InChI=1S/C13H13BrF2N2O3/c14-8-5-10(16)11(6-9(8)15)17-13(21)18(7-1-2-7)4-3-12(19)20/h5-7H,1-4H2,(H,17,21)(H,19,20). The summed E-state index contributed by atoms with van der Waals surface area (Å²) in [6.45, 7) is 0.0342. The third kappa shape index (κ3) is 4.13. The number of carboxylic acids is 1. The summed E-state index contributed by atoms with van der Waals surface area (Å²) in [5.74, 6) is -2.49. The number of benzene rings is 1.